The number of halogens is 1. The highest BCUT2D eigenvalue weighted by Crippen LogP contribution is 2.18. The van der Waals surface area contributed by atoms with Gasteiger partial charge >= 0.3 is 0 Å². The summed E-state index contributed by atoms with van der Waals surface area (Å²) in [7, 11) is 1.59. The number of nitrogens with zero attached hydrogens (tertiary/aromatic N) is 1. The smallest absolute Gasteiger partial charge is 0.247 e. The first-order valence-electron chi connectivity index (χ1n) is 8.32. The average molecular weight is 345 g/mol. The van der Waals surface area contributed by atoms with Gasteiger partial charge in [0.1, 0.15) is 23.9 Å². The molecule has 0 atom stereocenters. The summed E-state index contributed by atoms with van der Waals surface area (Å²) in [5.41, 5.74) is 0.856. The van der Waals surface area contributed by atoms with E-state index in [0.717, 1.165) is 18.7 Å². The fourth-order valence-electron chi connectivity index (χ4n) is 3.02. The summed E-state index contributed by atoms with van der Waals surface area (Å²) >= 11 is 0. The molecule has 25 heavy (non-hydrogen) atoms. The molecule has 1 aliphatic rings. The van der Waals surface area contributed by atoms with Crippen LogP contribution in [0.1, 0.15) is 11.3 Å². The van der Waals surface area contributed by atoms with Gasteiger partial charge in [-0.1, -0.05) is 0 Å². The Balaban J connectivity index is 1.53. The molecular formula is C19H22FN2O3+. The van der Waals surface area contributed by atoms with Crippen molar-refractivity contribution in [2.24, 2.45) is 0 Å². The highest BCUT2D eigenvalue weighted by molar-refractivity contribution is 5.91. The summed E-state index contributed by atoms with van der Waals surface area (Å²) in [5.74, 6) is 1.09. The van der Waals surface area contributed by atoms with Crippen molar-refractivity contribution in [3.8, 4) is 5.75 Å². The second-order valence-electron chi connectivity index (χ2n) is 6.06. The number of quaternary nitrogens is 1. The average Bonchev–Trinajstić information content (AvgIpc) is 3.14. The van der Waals surface area contributed by atoms with E-state index in [1.807, 2.05) is 4.90 Å². The molecule has 6 heteroatoms. The Bertz CT molecular complexity index is 735. The number of ether oxygens (including phenoxy) is 1. The fraction of sp³-hybridized carbons (Fsp3) is 0.316. The predicted octanol–water partition coefficient (Wildman–Crippen LogP) is 1.37. The molecule has 2 aromatic rings. The molecule has 0 radical (unpaired) electrons. The number of methoxy groups -OCH3 is 1. The Labute approximate surface area is 146 Å². The Morgan fingerprint density at radius 2 is 2.16 bits per heavy atom. The number of benzene rings is 1. The molecule has 0 saturated carbocycles. The van der Waals surface area contributed by atoms with E-state index in [4.69, 9.17) is 9.15 Å². The van der Waals surface area contributed by atoms with Crippen LogP contribution in [0.5, 0.6) is 5.75 Å². The van der Waals surface area contributed by atoms with Crippen molar-refractivity contribution in [2.45, 2.75) is 6.54 Å². The third-order valence-electron chi connectivity index (χ3n) is 4.40. The van der Waals surface area contributed by atoms with E-state index in [1.165, 1.54) is 17.0 Å². The van der Waals surface area contributed by atoms with Crippen LogP contribution in [0, 0.1) is 5.82 Å². The first-order chi connectivity index (χ1) is 12.2. The quantitative estimate of drug-likeness (QED) is 0.833. The molecule has 1 aliphatic heterocycles. The zero-order chi connectivity index (χ0) is 17.6. The summed E-state index contributed by atoms with van der Waals surface area (Å²) < 4.78 is 24.0. The van der Waals surface area contributed by atoms with E-state index in [-0.39, 0.29) is 11.7 Å². The molecule has 0 aliphatic carbocycles. The van der Waals surface area contributed by atoms with Gasteiger partial charge in [0.2, 0.25) is 5.91 Å². The lowest BCUT2D eigenvalue weighted by Gasteiger charge is -2.31. The van der Waals surface area contributed by atoms with E-state index in [1.54, 1.807) is 43.7 Å². The van der Waals surface area contributed by atoms with Crippen LogP contribution >= 0.6 is 0 Å². The van der Waals surface area contributed by atoms with E-state index in [0.29, 0.717) is 31.1 Å². The molecular weight excluding hydrogens is 323 g/mol. The number of piperazine rings is 1. The van der Waals surface area contributed by atoms with Crippen LogP contribution < -0.4 is 9.64 Å². The lowest BCUT2D eigenvalue weighted by Crippen LogP contribution is -3.13. The lowest BCUT2D eigenvalue weighted by molar-refractivity contribution is -0.917. The zero-order valence-electron chi connectivity index (χ0n) is 14.2. The number of rotatable bonds is 5. The Hall–Kier alpha value is -2.60. The standard InChI is InChI=1S/C19H21FN2O3/c1-24-18-6-4-16(20)13-15(18)14-21-8-10-22(11-9-21)19(23)7-5-17-3-2-12-25-17/h2-7,12-13H,8-11,14H2,1H3/p+1/b7-5+. The van der Waals surface area contributed by atoms with Crippen LogP contribution in [-0.4, -0.2) is 44.1 Å². The molecule has 1 amide bonds. The molecule has 0 bridgehead atoms. The third kappa shape index (κ3) is 4.48. The minimum Gasteiger partial charge on any atom is -0.496 e. The van der Waals surface area contributed by atoms with Crippen LogP contribution in [0.3, 0.4) is 0 Å². The van der Waals surface area contributed by atoms with Gasteiger partial charge in [0, 0.05) is 6.08 Å². The Morgan fingerprint density at radius 3 is 2.84 bits per heavy atom. The maximum atomic E-state index is 13.5. The maximum Gasteiger partial charge on any atom is 0.247 e. The number of hydrogen-bond acceptors (Lipinski definition) is 3. The number of carbonyl (C=O) groups is 1. The fourth-order valence-corrected chi connectivity index (χ4v) is 3.02. The minimum absolute atomic E-state index is 0.0150. The van der Waals surface area contributed by atoms with Gasteiger partial charge in [0.05, 0.1) is 45.1 Å². The SMILES string of the molecule is COc1ccc(F)cc1C[NH+]1CCN(C(=O)/C=C/c2ccco2)CC1. The van der Waals surface area contributed by atoms with Crippen molar-refractivity contribution >= 4 is 12.0 Å². The zero-order valence-corrected chi connectivity index (χ0v) is 14.2. The second-order valence-corrected chi connectivity index (χ2v) is 6.06. The van der Waals surface area contributed by atoms with Gasteiger partial charge < -0.3 is 19.0 Å². The molecule has 0 spiro atoms. The van der Waals surface area contributed by atoms with Gasteiger partial charge in [-0.05, 0) is 36.4 Å². The van der Waals surface area contributed by atoms with Gasteiger partial charge in [-0.15, -0.1) is 0 Å². The summed E-state index contributed by atoms with van der Waals surface area (Å²) in [4.78, 5) is 15.4. The van der Waals surface area contributed by atoms with Gasteiger partial charge in [-0.3, -0.25) is 4.79 Å². The molecule has 2 heterocycles. The predicted molar refractivity (Wildman–Crippen MR) is 91.7 cm³/mol. The van der Waals surface area contributed by atoms with Crippen molar-refractivity contribution in [2.75, 3.05) is 33.3 Å². The summed E-state index contributed by atoms with van der Waals surface area (Å²) in [6, 6.07) is 8.17. The molecule has 0 unspecified atom stereocenters. The maximum absolute atomic E-state index is 13.5. The largest absolute Gasteiger partial charge is 0.496 e. The first kappa shape index (κ1) is 17.2. The molecule has 132 valence electrons. The van der Waals surface area contributed by atoms with Crippen LogP contribution in [0.25, 0.3) is 6.08 Å². The normalized spacial score (nSPS) is 15.7. The van der Waals surface area contributed by atoms with Gasteiger partial charge in [-0.25, -0.2) is 4.39 Å². The highest BCUT2D eigenvalue weighted by atomic mass is 19.1. The van der Waals surface area contributed by atoms with E-state index in [2.05, 4.69) is 0 Å². The summed E-state index contributed by atoms with van der Waals surface area (Å²) in [6.45, 7) is 3.67. The Kier molecular flexibility index (Phi) is 5.50. The summed E-state index contributed by atoms with van der Waals surface area (Å²) in [5, 5.41) is 0. The lowest BCUT2D eigenvalue weighted by atomic mass is 10.1. The number of hydrogen-bond donors (Lipinski definition) is 1. The van der Waals surface area contributed by atoms with E-state index in [9.17, 15) is 9.18 Å². The first-order valence-corrected chi connectivity index (χ1v) is 8.32. The van der Waals surface area contributed by atoms with Crippen LogP contribution in [-0.2, 0) is 11.3 Å². The highest BCUT2D eigenvalue weighted by Gasteiger charge is 2.23. The minimum atomic E-state index is -0.257. The molecule has 1 saturated heterocycles. The van der Waals surface area contributed by atoms with Crippen molar-refractivity contribution in [1.29, 1.82) is 0 Å². The van der Waals surface area contributed by atoms with Crippen molar-refractivity contribution in [3.05, 3.63) is 59.8 Å². The van der Waals surface area contributed by atoms with Crippen LogP contribution in [0.4, 0.5) is 4.39 Å². The van der Waals surface area contributed by atoms with Gasteiger partial charge in [-0.2, -0.15) is 0 Å². The number of carbonyl (C=O) groups excluding carboxylic acids is 1. The second kappa shape index (κ2) is 7.98. The summed E-state index contributed by atoms with van der Waals surface area (Å²) in [6.07, 6.45) is 4.80. The van der Waals surface area contributed by atoms with Crippen molar-refractivity contribution < 1.29 is 23.2 Å². The van der Waals surface area contributed by atoms with Gasteiger partial charge in [0.15, 0.2) is 0 Å². The van der Waals surface area contributed by atoms with Crippen LogP contribution in [0.15, 0.2) is 47.1 Å². The number of nitrogens with one attached hydrogen (secondary N) is 1. The third-order valence-corrected chi connectivity index (χ3v) is 4.40. The molecule has 1 N–H and O–H groups in total. The van der Waals surface area contributed by atoms with E-state index >= 15 is 0 Å². The topological polar surface area (TPSA) is 47.1 Å². The number of furan rings is 1. The monoisotopic (exact) mass is 345 g/mol. The molecule has 1 fully saturated rings. The van der Waals surface area contributed by atoms with Crippen molar-refractivity contribution in [3.63, 3.8) is 0 Å². The van der Waals surface area contributed by atoms with Crippen LogP contribution in [0.2, 0.25) is 0 Å². The van der Waals surface area contributed by atoms with Crippen molar-refractivity contribution in [1.82, 2.24) is 4.90 Å². The molecule has 3 rings (SSSR count). The number of amides is 1. The van der Waals surface area contributed by atoms with Gasteiger partial charge in [0.25, 0.3) is 0 Å². The molecule has 1 aromatic heterocycles. The Morgan fingerprint density at radius 1 is 1.36 bits per heavy atom. The van der Waals surface area contributed by atoms with E-state index < -0.39 is 0 Å². The molecule has 1 aromatic carbocycles. The molecule has 5 nitrogen and oxygen atoms in total.